The van der Waals surface area contributed by atoms with Gasteiger partial charge in [-0.3, -0.25) is 4.99 Å². The van der Waals surface area contributed by atoms with Crippen LogP contribution < -0.4 is 5.73 Å². The summed E-state index contributed by atoms with van der Waals surface area (Å²) in [5.74, 6) is 0. The molecule has 0 aromatic heterocycles. The van der Waals surface area contributed by atoms with Gasteiger partial charge in [0.25, 0.3) is 0 Å². The first-order valence-corrected chi connectivity index (χ1v) is 5.85. The first kappa shape index (κ1) is 10.6. The minimum Gasteiger partial charge on any atom is -0.399 e. The molecular formula is C10H12ClN3S. The number of halogens is 1. The Balaban J connectivity index is 2.17. The van der Waals surface area contributed by atoms with Gasteiger partial charge in [-0.2, -0.15) is 0 Å². The molecule has 0 atom stereocenters. The highest BCUT2D eigenvalue weighted by Crippen LogP contribution is 2.31. The quantitative estimate of drug-likeness (QED) is 0.768. The van der Waals surface area contributed by atoms with Crippen molar-refractivity contribution in [2.24, 2.45) is 4.99 Å². The van der Waals surface area contributed by atoms with Crippen molar-refractivity contribution in [3.05, 3.63) is 23.2 Å². The summed E-state index contributed by atoms with van der Waals surface area (Å²) in [5, 5.41) is 1.70. The topological polar surface area (TPSA) is 41.6 Å². The highest BCUT2D eigenvalue weighted by Gasteiger charge is 2.15. The standard InChI is InChI=1S/C10H12ClN3S/c1-14-5-4-13-10(14)15-9-3-2-7(12)6-8(9)11/h2-3,6H,4-5,12H2,1H3. The van der Waals surface area contributed by atoms with E-state index in [-0.39, 0.29) is 0 Å². The summed E-state index contributed by atoms with van der Waals surface area (Å²) < 4.78 is 0. The first-order valence-electron chi connectivity index (χ1n) is 4.65. The monoisotopic (exact) mass is 241 g/mol. The second-order valence-corrected chi connectivity index (χ2v) is 4.79. The molecule has 0 saturated heterocycles. The molecule has 0 radical (unpaired) electrons. The molecule has 15 heavy (non-hydrogen) atoms. The van der Waals surface area contributed by atoms with E-state index >= 15 is 0 Å². The van der Waals surface area contributed by atoms with Crippen molar-refractivity contribution in [1.29, 1.82) is 0 Å². The van der Waals surface area contributed by atoms with Crippen molar-refractivity contribution in [3.8, 4) is 0 Å². The Kier molecular flexibility index (Phi) is 3.07. The van der Waals surface area contributed by atoms with Crippen LogP contribution in [0.2, 0.25) is 5.02 Å². The third-order valence-electron chi connectivity index (χ3n) is 2.17. The summed E-state index contributed by atoms with van der Waals surface area (Å²) in [6.07, 6.45) is 0. The van der Waals surface area contributed by atoms with E-state index in [1.165, 1.54) is 0 Å². The van der Waals surface area contributed by atoms with E-state index in [1.54, 1.807) is 17.8 Å². The lowest BCUT2D eigenvalue weighted by atomic mass is 10.3. The van der Waals surface area contributed by atoms with E-state index in [4.69, 9.17) is 17.3 Å². The number of aliphatic imine (C=N–C) groups is 1. The van der Waals surface area contributed by atoms with Crippen molar-refractivity contribution in [3.63, 3.8) is 0 Å². The van der Waals surface area contributed by atoms with E-state index in [2.05, 4.69) is 9.89 Å². The van der Waals surface area contributed by atoms with Gasteiger partial charge in [-0.05, 0) is 18.2 Å². The minimum absolute atomic E-state index is 0.683. The predicted molar refractivity (Wildman–Crippen MR) is 66.7 cm³/mol. The molecule has 2 N–H and O–H groups in total. The van der Waals surface area contributed by atoms with Crippen LogP contribution in [-0.4, -0.2) is 30.2 Å². The summed E-state index contributed by atoms with van der Waals surface area (Å²) in [5.41, 5.74) is 6.31. The van der Waals surface area contributed by atoms with E-state index in [1.807, 2.05) is 19.2 Å². The fourth-order valence-corrected chi connectivity index (χ4v) is 2.52. The molecular weight excluding hydrogens is 230 g/mol. The highest BCUT2D eigenvalue weighted by molar-refractivity contribution is 8.13. The lowest BCUT2D eigenvalue weighted by molar-refractivity contribution is 0.564. The Labute approximate surface area is 98.3 Å². The number of hydrogen-bond donors (Lipinski definition) is 1. The summed E-state index contributed by atoms with van der Waals surface area (Å²) in [4.78, 5) is 7.51. The average Bonchev–Trinajstić information content (AvgIpc) is 2.57. The van der Waals surface area contributed by atoms with Gasteiger partial charge in [-0.15, -0.1) is 0 Å². The van der Waals surface area contributed by atoms with E-state index in [9.17, 15) is 0 Å². The molecule has 80 valence electrons. The van der Waals surface area contributed by atoms with Crippen LogP contribution in [0.4, 0.5) is 5.69 Å². The molecule has 1 heterocycles. The van der Waals surface area contributed by atoms with Crippen molar-refractivity contribution in [1.82, 2.24) is 4.90 Å². The Morgan fingerprint density at radius 3 is 2.93 bits per heavy atom. The number of hydrogen-bond acceptors (Lipinski definition) is 4. The van der Waals surface area contributed by atoms with E-state index < -0.39 is 0 Å². The largest absolute Gasteiger partial charge is 0.399 e. The van der Waals surface area contributed by atoms with Crippen LogP contribution in [0.5, 0.6) is 0 Å². The fraction of sp³-hybridized carbons (Fsp3) is 0.300. The molecule has 1 aromatic rings. The van der Waals surface area contributed by atoms with Crippen molar-refractivity contribution in [2.45, 2.75) is 4.90 Å². The molecule has 0 spiro atoms. The van der Waals surface area contributed by atoms with Gasteiger partial charge in [0, 0.05) is 24.2 Å². The number of nitrogens with two attached hydrogens (primary N) is 1. The Bertz CT molecular complexity index is 406. The number of nitrogens with zero attached hydrogens (tertiary/aromatic N) is 2. The fourth-order valence-electron chi connectivity index (χ4n) is 1.32. The molecule has 1 aromatic carbocycles. The highest BCUT2D eigenvalue weighted by atomic mass is 35.5. The van der Waals surface area contributed by atoms with Gasteiger partial charge in [0.2, 0.25) is 0 Å². The first-order chi connectivity index (χ1) is 7.16. The van der Waals surface area contributed by atoms with Gasteiger partial charge in [-0.1, -0.05) is 23.4 Å². The number of benzene rings is 1. The molecule has 0 amide bonds. The van der Waals surface area contributed by atoms with Gasteiger partial charge in [-0.25, -0.2) is 0 Å². The van der Waals surface area contributed by atoms with Crippen molar-refractivity contribution < 1.29 is 0 Å². The van der Waals surface area contributed by atoms with Crippen LogP contribution in [0.15, 0.2) is 28.1 Å². The SMILES string of the molecule is CN1CCN=C1Sc1ccc(N)cc1Cl. The molecule has 1 aliphatic heterocycles. The summed E-state index contributed by atoms with van der Waals surface area (Å²) in [6, 6.07) is 5.54. The van der Waals surface area contributed by atoms with Gasteiger partial charge in [0.1, 0.15) is 0 Å². The maximum Gasteiger partial charge on any atom is 0.164 e. The van der Waals surface area contributed by atoms with Gasteiger partial charge in [0.05, 0.1) is 11.6 Å². The van der Waals surface area contributed by atoms with Crippen LogP contribution in [-0.2, 0) is 0 Å². The molecule has 0 aliphatic carbocycles. The van der Waals surface area contributed by atoms with Crippen LogP contribution in [0.3, 0.4) is 0 Å². The van der Waals surface area contributed by atoms with Crippen LogP contribution in [0.25, 0.3) is 0 Å². The van der Waals surface area contributed by atoms with Gasteiger partial charge < -0.3 is 10.6 Å². The smallest absolute Gasteiger partial charge is 0.164 e. The lowest BCUT2D eigenvalue weighted by Gasteiger charge is -2.13. The summed E-state index contributed by atoms with van der Waals surface area (Å²) in [7, 11) is 2.03. The third-order valence-corrected chi connectivity index (χ3v) is 3.79. The molecule has 5 heteroatoms. The number of anilines is 1. The lowest BCUT2D eigenvalue weighted by Crippen LogP contribution is -2.19. The Morgan fingerprint density at radius 2 is 2.33 bits per heavy atom. The maximum atomic E-state index is 6.08. The van der Waals surface area contributed by atoms with Crippen molar-refractivity contribution in [2.75, 3.05) is 25.9 Å². The van der Waals surface area contributed by atoms with Crippen molar-refractivity contribution >= 4 is 34.2 Å². The summed E-state index contributed by atoms with van der Waals surface area (Å²) in [6.45, 7) is 1.85. The molecule has 2 rings (SSSR count). The second-order valence-electron chi connectivity index (χ2n) is 3.38. The zero-order chi connectivity index (χ0) is 10.8. The molecule has 0 saturated carbocycles. The minimum atomic E-state index is 0.683. The van der Waals surface area contributed by atoms with Gasteiger partial charge >= 0.3 is 0 Å². The molecule has 1 aliphatic rings. The average molecular weight is 242 g/mol. The zero-order valence-corrected chi connectivity index (χ0v) is 9.98. The van der Waals surface area contributed by atoms with E-state index in [0.717, 1.165) is 23.2 Å². The Hall–Kier alpha value is -0.870. The molecule has 0 fully saturated rings. The number of nitrogen functional groups attached to an aromatic ring is 1. The number of rotatable bonds is 1. The van der Waals surface area contributed by atoms with Gasteiger partial charge in [0.15, 0.2) is 5.17 Å². The predicted octanol–water partition coefficient (Wildman–Crippen LogP) is 2.32. The molecule has 3 nitrogen and oxygen atoms in total. The second kappa shape index (κ2) is 4.33. The molecule has 0 bridgehead atoms. The third kappa shape index (κ3) is 2.38. The van der Waals surface area contributed by atoms with Crippen LogP contribution in [0, 0.1) is 0 Å². The van der Waals surface area contributed by atoms with E-state index in [0.29, 0.717) is 10.7 Å². The molecule has 0 unspecified atom stereocenters. The zero-order valence-electron chi connectivity index (χ0n) is 8.40. The maximum absolute atomic E-state index is 6.08. The number of amidine groups is 1. The van der Waals surface area contributed by atoms with Crippen LogP contribution >= 0.6 is 23.4 Å². The number of likely N-dealkylation sites (N-methyl/N-ethyl adjacent to an activating group) is 1. The van der Waals surface area contributed by atoms with Crippen LogP contribution in [0.1, 0.15) is 0 Å². The normalized spacial score (nSPS) is 15.6. The Morgan fingerprint density at radius 1 is 1.53 bits per heavy atom. The number of thioether (sulfide) groups is 1. The summed E-state index contributed by atoms with van der Waals surface area (Å²) >= 11 is 7.66.